The lowest BCUT2D eigenvalue weighted by Crippen LogP contribution is -2.45. The predicted octanol–water partition coefficient (Wildman–Crippen LogP) is 5.29. The molecule has 1 aliphatic carbocycles. The second kappa shape index (κ2) is 9.03. The number of hydrogen-bond acceptors (Lipinski definition) is 5. The number of ketones is 1. The summed E-state index contributed by atoms with van der Waals surface area (Å²) in [6.07, 6.45) is 4.61. The largest absolute Gasteiger partial charge is 0.508 e. The van der Waals surface area contributed by atoms with Crippen LogP contribution in [0.1, 0.15) is 77.8 Å². The fourth-order valence-electron chi connectivity index (χ4n) is 4.94. The first-order chi connectivity index (χ1) is 14.8. The standard InChI is InChI=1S/C27H38O5/c1-16(9-10-18-14-19(28)13-17(2)24(18)31)12-21-20-15-23(30)27(5,6)32-25(21)26(3,4)11-7-8-22(20)29/h9,13-14,23,25,28,30-31H,7-8,10-12,15H2,1-6H3/b16-9+/t23-,25?/m1/s1. The number of carbonyl (C=O) groups excluding carboxylic acids is 1. The van der Waals surface area contributed by atoms with Crippen LogP contribution in [0.4, 0.5) is 0 Å². The van der Waals surface area contributed by atoms with Crippen LogP contribution in [-0.4, -0.2) is 38.9 Å². The number of rotatable bonds is 4. The van der Waals surface area contributed by atoms with Gasteiger partial charge in [0.05, 0.1) is 17.8 Å². The lowest BCUT2D eigenvalue weighted by molar-refractivity contribution is -0.148. The van der Waals surface area contributed by atoms with Crippen molar-refractivity contribution in [1.29, 1.82) is 0 Å². The molecule has 5 nitrogen and oxygen atoms in total. The molecule has 0 amide bonds. The molecule has 1 unspecified atom stereocenters. The van der Waals surface area contributed by atoms with Crippen molar-refractivity contribution in [2.45, 2.75) is 97.9 Å². The number of aryl methyl sites for hydroxylation is 1. The van der Waals surface area contributed by atoms with E-state index in [0.29, 0.717) is 36.8 Å². The van der Waals surface area contributed by atoms with Gasteiger partial charge in [0.1, 0.15) is 11.5 Å². The number of fused-ring (bicyclic) bond motifs is 1. The summed E-state index contributed by atoms with van der Waals surface area (Å²) in [6.45, 7) is 12.0. The zero-order valence-electron chi connectivity index (χ0n) is 20.3. The van der Waals surface area contributed by atoms with E-state index in [1.807, 2.05) is 26.8 Å². The topological polar surface area (TPSA) is 87.0 Å². The van der Waals surface area contributed by atoms with E-state index in [4.69, 9.17) is 4.74 Å². The minimum atomic E-state index is -0.748. The van der Waals surface area contributed by atoms with E-state index in [2.05, 4.69) is 13.8 Å². The molecule has 0 aromatic heterocycles. The molecule has 2 atom stereocenters. The van der Waals surface area contributed by atoms with Crippen LogP contribution in [0, 0.1) is 12.3 Å². The van der Waals surface area contributed by atoms with Crippen LogP contribution in [0.3, 0.4) is 0 Å². The average Bonchev–Trinajstić information content (AvgIpc) is 2.79. The van der Waals surface area contributed by atoms with Crippen LogP contribution in [0.25, 0.3) is 0 Å². The number of phenolic OH excluding ortho intramolecular Hbond substituents is 2. The molecule has 3 N–H and O–H groups in total. The van der Waals surface area contributed by atoms with Gasteiger partial charge in [-0.05, 0) is 87.6 Å². The van der Waals surface area contributed by atoms with E-state index in [1.54, 1.807) is 19.1 Å². The van der Waals surface area contributed by atoms with Crippen molar-refractivity contribution >= 4 is 5.78 Å². The van der Waals surface area contributed by atoms with Crippen LogP contribution in [-0.2, 0) is 16.0 Å². The highest BCUT2D eigenvalue weighted by Crippen LogP contribution is 2.45. The number of hydrogen-bond donors (Lipinski definition) is 3. The maximum Gasteiger partial charge on any atom is 0.159 e. The summed E-state index contributed by atoms with van der Waals surface area (Å²) in [6, 6.07) is 3.12. The molecule has 176 valence electrons. The minimum Gasteiger partial charge on any atom is -0.508 e. The Bertz CT molecular complexity index is 951. The van der Waals surface area contributed by atoms with Gasteiger partial charge in [-0.25, -0.2) is 0 Å². The van der Waals surface area contributed by atoms with Crippen molar-refractivity contribution < 1.29 is 24.9 Å². The van der Waals surface area contributed by atoms with Gasteiger partial charge in [0.25, 0.3) is 0 Å². The summed E-state index contributed by atoms with van der Waals surface area (Å²) in [5, 5.41) is 31.1. The van der Waals surface area contributed by atoms with E-state index < -0.39 is 11.7 Å². The Morgan fingerprint density at radius 1 is 1.22 bits per heavy atom. The van der Waals surface area contributed by atoms with Crippen molar-refractivity contribution in [2.24, 2.45) is 5.41 Å². The van der Waals surface area contributed by atoms with Gasteiger partial charge >= 0.3 is 0 Å². The van der Waals surface area contributed by atoms with Gasteiger partial charge in [0.15, 0.2) is 5.78 Å². The van der Waals surface area contributed by atoms with E-state index in [9.17, 15) is 20.1 Å². The summed E-state index contributed by atoms with van der Waals surface area (Å²) >= 11 is 0. The Balaban J connectivity index is 1.98. The summed E-state index contributed by atoms with van der Waals surface area (Å²) in [7, 11) is 0. The van der Waals surface area contributed by atoms with E-state index in [1.165, 1.54) is 0 Å². The first-order valence-electron chi connectivity index (χ1n) is 11.6. The highest BCUT2D eigenvalue weighted by molar-refractivity contribution is 5.96. The smallest absolute Gasteiger partial charge is 0.159 e. The first-order valence-corrected chi connectivity index (χ1v) is 11.6. The number of carbonyl (C=O) groups is 1. The van der Waals surface area contributed by atoms with Gasteiger partial charge in [0, 0.05) is 18.4 Å². The highest BCUT2D eigenvalue weighted by atomic mass is 16.5. The number of phenols is 2. The van der Waals surface area contributed by atoms with E-state index >= 15 is 0 Å². The summed E-state index contributed by atoms with van der Waals surface area (Å²) in [5.41, 5.74) is 3.16. The molecule has 1 heterocycles. The van der Waals surface area contributed by atoms with E-state index in [0.717, 1.165) is 29.6 Å². The Labute approximate surface area is 191 Å². The SMILES string of the molecule is C/C(=C\Cc1cc(O)cc(C)c1O)CC1=C2C[C@@H](O)C(C)(C)OC1C(C)(C)CCCC2=O. The molecule has 5 heteroatoms. The third-order valence-electron chi connectivity index (χ3n) is 7.10. The van der Waals surface area contributed by atoms with Crippen molar-refractivity contribution in [3.8, 4) is 11.5 Å². The quantitative estimate of drug-likeness (QED) is 0.436. The van der Waals surface area contributed by atoms with Crippen LogP contribution in [0.5, 0.6) is 11.5 Å². The van der Waals surface area contributed by atoms with Gasteiger partial charge in [-0.3, -0.25) is 4.79 Å². The molecule has 0 radical (unpaired) electrons. The second-order valence-corrected chi connectivity index (χ2v) is 10.8. The predicted molar refractivity (Wildman–Crippen MR) is 126 cm³/mol. The molecule has 0 saturated carbocycles. The molecule has 3 rings (SSSR count). The maximum atomic E-state index is 13.1. The number of benzene rings is 1. The minimum absolute atomic E-state index is 0.120. The monoisotopic (exact) mass is 442 g/mol. The molecule has 0 fully saturated rings. The number of aromatic hydroxyl groups is 2. The normalized spacial score (nSPS) is 25.8. The van der Waals surface area contributed by atoms with E-state index in [-0.39, 0.29) is 28.8 Å². The van der Waals surface area contributed by atoms with Crippen molar-refractivity contribution in [3.63, 3.8) is 0 Å². The van der Waals surface area contributed by atoms with Crippen LogP contribution in [0.2, 0.25) is 0 Å². The molecule has 32 heavy (non-hydrogen) atoms. The Morgan fingerprint density at radius 2 is 1.91 bits per heavy atom. The number of Topliss-reactive ketones (excluding diaryl/α,β-unsaturated/α-hetero) is 1. The lowest BCUT2D eigenvalue weighted by Gasteiger charge is -2.41. The van der Waals surface area contributed by atoms with Crippen LogP contribution >= 0.6 is 0 Å². The van der Waals surface area contributed by atoms with Crippen LogP contribution in [0.15, 0.2) is 34.9 Å². The van der Waals surface area contributed by atoms with Gasteiger partial charge in [-0.15, -0.1) is 0 Å². The molecule has 0 spiro atoms. The first kappa shape index (κ1) is 24.5. The third-order valence-corrected chi connectivity index (χ3v) is 7.10. The number of aliphatic hydroxyl groups is 1. The molecule has 0 saturated heterocycles. The molecule has 2 aliphatic rings. The zero-order chi connectivity index (χ0) is 23.8. The third kappa shape index (κ3) is 5.10. The Kier molecular flexibility index (Phi) is 6.92. The van der Waals surface area contributed by atoms with Gasteiger partial charge in [-0.1, -0.05) is 25.5 Å². The van der Waals surface area contributed by atoms with Crippen molar-refractivity contribution in [3.05, 3.63) is 46.1 Å². The van der Waals surface area contributed by atoms with Gasteiger partial charge in [-0.2, -0.15) is 0 Å². The molecule has 1 aliphatic heterocycles. The summed E-state index contributed by atoms with van der Waals surface area (Å²) in [4.78, 5) is 13.1. The van der Waals surface area contributed by atoms with Gasteiger partial charge in [0.2, 0.25) is 0 Å². The maximum absolute atomic E-state index is 13.1. The Hall–Kier alpha value is -2.11. The number of aliphatic hydroxyl groups excluding tert-OH is 1. The molecular formula is C27H38O5. The second-order valence-electron chi connectivity index (χ2n) is 10.8. The zero-order valence-corrected chi connectivity index (χ0v) is 20.3. The number of ether oxygens (including phenoxy) is 1. The van der Waals surface area contributed by atoms with Gasteiger partial charge < -0.3 is 20.1 Å². The highest BCUT2D eigenvalue weighted by Gasteiger charge is 2.45. The summed E-state index contributed by atoms with van der Waals surface area (Å²) < 4.78 is 6.55. The molecule has 1 aromatic carbocycles. The molecule has 1 aromatic rings. The fourth-order valence-corrected chi connectivity index (χ4v) is 4.94. The summed E-state index contributed by atoms with van der Waals surface area (Å²) in [5.74, 6) is 0.446. The van der Waals surface area contributed by atoms with Crippen LogP contribution < -0.4 is 0 Å². The molecular weight excluding hydrogens is 404 g/mol. The average molecular weight is 443 g/mol. The fraction of sp³-hybridized carbons (Fsp3) is 0.593. The lowest BCUT2D eigenvalue weighted by atomic mass is 9.72. The molecule has 2 bridgehead atoms. The Morgan fingerprint density at radius 3 is 2.59 bits per heavy atom. The van der Waals surface area contributed by atoms with Crippen molar-refractivity contribution in [1.82, 2.24) is 0 Å². The van der Waals surface area contributed by atoms with Crippen molar-refractivity contribution in [2.75, 3.05) is 0 Å². The number of allylic oxidation sites excluding steroid dienone is 2.